The Bertz CT molecular complexity index is 4140. The molecule has 1 aliphatic heterocycles. The van der Waals surface area contributed by atoms with Crippen molar-refractivity contribution in [2.24, 2.45) is 29.0 Å². The number of nitrogens with two attached hydrogens (primary N) is 4. The fourth-order valence-electron chi connectivity index (χ4n) is 12.3. The molecule has 0 aliphatic carbocycles. The quantitative estimate of drug-likeness (QED) is 0.00516. The Balaban J connectivity index is 1.33. The van der Waals surface area contributed by atoms with Crippen molar-refractivity contribution in [3.05, 3.63) is 140 Å². The third-order valence-electron chi connectivity index (χ3n) is 18.7. The van der Waals surface area contributed by atoms with Crippen molar-refractivity contribution in [1.29, 1.82) is 10.8 Å². The predicted molar refractivity (Wildman–Crippen MR) is 427 cm³/mol. The van der Waals surface area contributed by atoms with Crippen LogP contribution in [-0.4, -0.2) is 227 Å². The first kappa shape index (κ1) is 94.4. The van der Waals surface area contributed by atoms with E-state index in [-0.39, 0.29) is 126 Å². The highest BCUT2D eigenvalue weighted by Gasteiger charge is 2.41. The van der Waals surface area contributed by atoms with Crippen LogP contribution >= 0.6 is 0 Å². The number of likely N-dealkylation sites (tertiary alicyclic amines) is 1. The molecule has 0 unspecified atom stereocenters. The summed E-state index contributed by atoms with van der Waals surface area (Å²) in [5.41, 5.74) is 22.5. The zero-order chi connectivity index (χ0) is 86.4. The minimum atomic E-state index is -1.86. The van der Waals surface area contributed by atoms with Gasteiger partial charge in [0.1, 0.15) is 66.1 Å². The molecule has 0 saturated carbocycles. The molecule has 5 rings (SSSR count). The Morgan fingerprint density at radius 3 is 1.56 bits per heavy atom. The molecule has 11 atom stereocenters. The van der Waals surface area contributed by atoms with Gasteiger partial charge in [-0.1, -0.05) is 107 Å². The number of anilines is 2. The maximum atomic E-state index is 14.8. The molecule has 26 N–H and O–H groups in total. The van der Waals surface area contributed by atoms with Crippen LogP contribution in [0.2, 0.25) is 0 Å². The second kappa shape index (κ2) is 48.2. The van der Waals surface area contributed by atoms with Crippen LogP contribution in [-0.2, 0) is 70.4 Å². The summed E-state index contributed by atoms with van der Waals surface area (Å²) in [6.07, 6.45) is -1.01. The van der Waals surface area contributed by atoms with Gasteiger partial charge in [0.25, 0.3) is 17.3 Å². The smallest absolute Gasteiger partial charge is 0.299 e. The van der Waals surface area contributed by atoms with E-state index in [9.17, 15) is 92.8 Å². The molecule has 636 valence electrons. The van der Waals surface area contributed by atoms with Gasteiger partial charge in [-0.2, -0.15) is 0 Å². The zero-order valence-electron chi connectivity index (χ0n) is 65.4. The van der Waals surface area contributed by atoms with Gasteiger partial charge in [-0.25, -0.2) is 0 Å². The summed E-state index contributed by atoms with van der Waals surface area (Å²) in [4.78, 5) is 205. The average molecular weight is 1630 g/mol. The summed E-state index contributed by atoms with van der Waals surface area (Å²) in [6.45, 7) is 3.56. The number of hydrogen-bond donors (Lipinski definition) is 22. The number of aliphatic hydroxyl groups excluding tert-OH is 2. The largest absolute Gasteiger partial charge is 0.398 e. The van der Waals surface area contributed by atoms with Gasteiger partial charge in [-0.15, -0.1) is 0 Å². The summed E-state index contributed by atoms with van der Waals surface area (Å²) in [5.74, 6) is -13.7. The maximum Gasteiger partial charge on any atom is 0.299 e. The Morgan fingerprint density at radius 1 is 0.538 bits per heavy atom. The summed E-state index contributed by atoms with van der Waals surface area (Å²) in [6, 6.07) is 10.7. The minimum Gasteiger partial charge on any atom is -0.398 e. The molecular weight excluding hydrogens is 1530 g/mol. The minimum absolute atomic E-state index is 0.00353. The van der Waals surface area contributed by atoms with Gasteiger partial charge in [0.15, 0.2) is 11.9 Å². The van der Waals surface area contributed by atoms with Crippen LogP contribution in [0.25, 0.3) is 0 Å². The molecule has 1 fully saturated rings. The van der Waals surface area contributed by atoms with E-state index in [2.05, 4.69) is 74.4 Å². The van der Waals surface area contributed by atoms with Gasteiger partial charge in [0.05, 0.1) is 41.2 Å². The number of rotatable bonds is 49. The van der Waals surface area contributed by atoms with E-state index in [4.69, 9.17) is 33.8 Å². The summed E-state index contributed by atoms with van der Waals surface area (Å²) < 4.78 is 0. The van der Waals surface area contributed by atoms with E-state index in [0.717, 1.165) is 23.1 Å². The summed E-state index contributed by atoms with van der Waals surface area (Å²) in [7, 11) is 0. The molecule has 4 aromatic rings. The van der Waals surface area contributed by atoms with Crippen molar-refractivity contribution >= 4 is 111 Å². The zero-order valence-corrected chi connectivity index (χ0v) is 65.4. The SMILES string of the molecule is CC[C@H](C)[C@H](NC(=O)[C@H](CCCNC(=N)N)NC(=O)[C@H](CC(C)C)NC(=O)[C@H](CO)NC(=O)[C@H](CCCNC(=N)N)NC(=O)[C@H](Cc1ccccc1)NC(=O)[C@@H]1CCCN1C(=O)[C@H](CO)NC(=O)[C@H](Cc1ccccc1)NC(=O)CNC(=O)c1ccccc1N)C(=O)N[C@@H](CCC(N)=O)C(=O)NCCNc1ccc([N+](=O)[O-])cc1[N+](=O)[O-]. The van der Waals surface area contributed by atoms with Crippen LogP contribution in [0.4, 0.5) is 22.7 Å². The number of hydrogen-bond acceptors (Lipinski definition) is 23. The molecule has 42 heteroatoms. The van der Waals surface area contributed by atoms with Crippen molar-refractivity contribution in [2.75, 3.05) is 63.5 Å². The number of amides is 13. The third-order valence-corrected chi connectivity index (χ3v) is 18.7. The van der Waals surface area contributed by atoms with Crippen LogP contribution in [0, 0.1) is 42.9 Å². The lowest BCUT2D eigenvalue weighted by Crippen LogP contribution is -2.61. The monoisotopic (exact) mass is 1630 g/mol. The highest BCUT2D eigenvalue weighted by Crippen LogP contribution is 2.29. The number of nitrogen functional groups attached to an aromatic ring is 1. The van der Waals surface area contributed by atoms with E-state index in [0.29, 0.717) is 11.1 Å². The number of guanidine groups is 2. The lowest BCUT2D eigenvalue weighted by atomic mass is 9.96. The van der Waals surface area contributed by atoms with Crippen LogP contribution in [0.3, 0.4) is 0 Å². The van der Waals surface area contributed by atoms with Crippen LogP contribution in [0.5, 0.6) is 0 Å². The second-order valence-electron chi connectivity index (χ2n) is 28.2. The molecule has 117 heavy (non-hydrogen) atoms. The molecule has 0 radical (unpaired) electrons. The topological polar surface area (TPSA) is 672 Å². The first-order valence-corrected chi connectivity index (χ1v) is 38.0. The highest BCUT2D eigenvalue weighted by atomic mass is 16.6. The number of carbonyl (C=O) groups excluding carboxylic acids is 13. The molecule has 0 aromatic heterocycles. The highest BCUT2D eigenvalue weighted by molar-refractivity contribution is 6.02. The van der Waals surface area contributed by atoms with E-state index in [1.807, 2.05) is 0 Å². The number of para-hydroxylation sites is 1. The first-order chi connectivity index (χ1) is 55.6. The van der Waals surface area contributed by atoms with Gasteiger partial charge < -0.3 is 112 Å². The fraction of sp³-hybridized carbons (Fsp3) is 0.480. The molecular formula is C75H107N23O19. The van der Waals surface area contributed by atoms with Crippen molar-refractivity contribution < 1.29 is 82.4 Å². The van der Waals surface area contributed by atoms with Gasteiger partial charge >= 0.3 is 0 Å². The molecule has 42 nitrogen and oxygen atoms in total. The van der Waals surface area contributed by atoms with Gasteiger partial charge in [-0.3, -0.25) is 93.4 Å². The van der Waals surface area contributed by atoms with Gasteiger partial charge in [-0.05, 0) is 92.5 Å². The number of primary amides is 1. The number of benzene rings is 4. The Morgan fingerprint density at radius 2 is 1.03 bits per heavy atom. The average Bonchev–Trinajstić information content (AvgIpc) is 1.76. The Labute approximate surface area is 673 Å². The van der Waals surface area contributed by atoms with E-state index >= 15 is 0 Å². The predicted octanol–water partition coefficient (Wildman–Crippen LogP) is -3.25. The second-order valence-corrected chi connectivity index (χ2v) is 28.2. The normalized spacial score (nSPS) is 14.8. The molecule has 13 amide bonds. The standard InChI is InChI=1S/C75H107N23O19/c1-5-43(4)62(72(112)90-52(28-29-60(77)101)64(104)83-33-32-82-49-27-26-46(97(114)115)38-59(49)98(116)117)95-66(106)51(24-15-31-85-75(80)81)89-67(107)53(35-42(2)3)91-70(110)56(40-99)93-65(105)50(23-14-30-84-74(78)79)88-69(109)55(37-45-19-10-7-11-20-45)92-71(111)58-25-16-34-96(58)73(113)57(41-100)94-68(108)54(36-44-17-8-6-9-18-44)87-61(102)39-86-63(103)47-21-12-13-22-48(47)76/h6-13,17-22,26-27,38,42-43,50-58,62,82,99-100H,5,14-16,23-25,28-37,39-41,76H2,1-4H3,(H2,77,101)(H,83,104)(H,86,103)(H,87,102)(H,88,109)(H,89,107)(H,90,112)(H,91,110)(H,92,111)(H,93,105)(H,94,108)(H,95,106)(H4,78,79,84)(H4,80,81,85)/t43-,50-,51-,52-,53-,54-,55-,56-,57-,58-,62-/m0/s1. The number of aliphatic hydroxyl groups is 2. The molecule has 1 saturated heterocycles. The summed E-state index contributed by atoms with van der Waals surface area (Å²) >= 11 is 0. The number of carbonyl (C=O) groups is 13. The van der Waals surface area contributed by atoms with E-state index in [1.165, 1.54) is 12.1 Å². The molecule has 0 spiro atoms. The summed E-state index contributed by atoms with van der Waals surface area (Å²) in [5, 5.41) is 95.8. The number of non-ortho nitro benzene ring substituents is 1. The van der Waals surface area contributed by atoms with E-state index in [1.54, 1.807) is 100 Å². The maximum absolute atomic E-state index is 14.8. The Kier molecular flexibility index (Phi) is 38.9. The number of nitro benzene ring substituents is 2. The van der Waals surface area contributed by atoms with Crippen molar-refractivity contribution in [2.45, 2.75) is 165 Å². The lowest BCUT2D eigenvalue weighted by Gasteiger charge is -2.30. The fourth-order valence-corrected chi connectivity index (χ4v) is 12.3. The van der Waals surface area contributed by atoms with Gasteiger partial charge in [0.2, 0.25) is 70.9 Å². The number of nitro groups is 2. The number of nitrogens with one attached hydrogen (secondary N) is 16. The molecule has 1 heterocycles. The van der Waals surface area contributed by atoms with Crippen molar-refractivity contribution in [3.8, 4) is 0 Å². The Hall–Kier alpha value is -13.2. The van der Waals surface area contributed by atoms with Crippen LogP contribution in [0.15, 0.2) is 103 Å². The molecule has 1 aliphatic rings. The van der Waals surface area contributed by atoms with Gasteiger partial charge in [0, 0.05) is 63.7 Å². The van der Waals surface area contributed by atoms with Crippen molar-refractivity contribution in [3.63, 3.8) is 0 Å². The molecule has 4 aromatic carbocycles. The van der Waals surface area contributed by atoms with Crippen LogP contribution in [0.1, 0.15) is 113 Å². The number of nitrogens with zero attached hydrogens (tertiary/aromatic N) is 3. The first-order valence-electron chi connectivity index (χ1n) is 38.0. The van der Waals surface area contributed by atoms with E-state index < -0.39 is 202 Å². The van der Waals surface area contributed by atoms with Crippen LogP contribution < -0.4 is 97.4 Å². The molecule has 0 bridgehead atoms. The van der Waals surface area contributed by atoms with Crippen molar-refractivity contribution in [1.82, 2.24) is 74.0 Å². The third kappa shape index (κ3) is 31.6. The lowest BCUT2D eigenvalue weighted by molar-refractivity contribution is -0.393.